The molecule has 1 aromatic carbocycles. The van der Waals surface area contributed by atoms with Crippen LogP contribution in [-0.2, 0) is 13.0 Å². The predicted molar refractivity (Wildman–Crippen MR) is 72.4 cm³/mol. The lowest BCUT2D eigenvalue weighted by molar-refractivity contribution is 0.157. The van der Waals surface area contributed by atoms with Crippen LogP contribution in [0.5, 0.6) is 0 Å². The van der Waals surface area contributed by atoms with Crippen LogP contribution in [0.4, 0.5) is 0 Å². The molecule has 0 aliphatic rings. The number of rotatable bonds is 5. The molecule has 0 saturated heterocycles. The number of nitrogens with zero attached hydrogens (tertiary/aromatic N) is 2. The highest BCUT2D eigenvalue weighted by Gasteiger charge is 2.13. The lowest BCUT2D eigenvalue weighted by Crippen LogP contribution is -2.08. The van der Waals surface area contributed by atoms with E-state index in [1.807, 2.05) is 42.8 Å². The third-order valence-corrected chi connectivity index (χ3v) is 3.12. The Labute approximate surface area is 108 Å². The molecule has 0 radical (unpaired) electrons. The van der Waals surface area contributed by atoms with E-state index in [-0.39, 0.29) is 0 Å². The van der Waals surface area contributed by atoms with E-state index in [2.05, 4.69) is 17.2 Å². The molecule has 18 heavy (non-hydrogen) atoms. The number of aryl methyl sites for hydroxylation is 3. The Kier molecular flexibility index (Phi) is 4.15. The smallest absolute Gasteiger partial charge is 0.0959 e. The Balaban J connectivity index is 2.01. The zero-order chi connectivity index (χ0) is 13.0. The van der Waals surface area contributed by atoms with Gasteiger partial charge in [0.1, 0.15) is 0 Å². The highest BCUT2D eigenvalue weighted by molar-refractivity contribution is 5.16. The quantitative estimate of drug-likeness (QED) is 0.878. The second kappa shape index (κ2) is 5.83. The molecule has 3 nitrogen and oxygen atoms in total. The van der Waals surface area contributed by atoms with E-state index in [1.54, 1.807) is 0 Å². The number of aliphatic hydroxyl groups excluding tert-OH is 1. The molecule has 1 atom stereocenters. The second-order valence-electron chi connectivity index (χ2n) is 4.57. The fourth-order valence-electron chi connectivity index (χ4n) is 2.18. The zero-order valence-electron chi connectivity index (χ0n) is 11.0. The number of hydrogen-bond donors (Lipinski definition) is 1. The Morgan fingerprint density at radius 2 is 2.00 bits per heavy atom. The van der Waals surface area contributed by atoms with Crippen LogP contribution in [0.15, 0.2) is 36.4 Å². The minimum Gasteiger partial charge on any atom is -0.387 e. The maximum Gasteiger partial charge on any atom is 0.0959 e. The molecule has 0 spiro atoms. The van der Waals surface area contributed by atoms with Crippen molar-refractivity contribution in [3.05, 3.63) is 53.3 Å². The topological polar surface area (TPSA) is 38.0 Å². The average molecular weight is 244 g/mol. The number of hydrogen-bond acceptors (Lipinski definition) is 2. The van der Waals surface area contributed by atoms with Gasteiger partial charge < -0.3 is 5.11 Å². The normalized spacial score (nSPS) is 12.6. The minimum absolute atomic E-state index is 0.439. The van der Waals surface area contributed by atoms with Gasteiger partial charge in [0.15, 0.2) is 0 Å². The molecule has 2 rings (SSSR count). The van der Waals surface area contributed by atoms with Gasteiger partial charge in [0.2, 0.25) is 0 Å². The average Bonchev–Trinajstić information content (AvgIpc) is 2.78. The molecule has 0 saturated carbocycles. The van der Waals surface area contributed by atoms with E-state index < -0.39 is 6.10 Å². The maximum absolute atomic E-state index is 10.2. The van der Waals surface area contributed by atoms with Crippen molar-refractivity contribution >= 4 is 0 Å². The fraction of sp³-hybridized carbons (Fsp3) is 0.400. The summed E-state index contributed by atoms with van der Waals surface area (Å²) in [6.07, 6.45) is 1.18. The molecule has 1 heterocycles. The summed E-state index contributed by atoms with van der Waals surface area (Å²) in [4.78, 5) is 0. The number of benzene rings is 1. The molecule has 0 aliphatic heterocycles. The number of aromatic nitrogens is 2. The zero-order valence-corrected chi connectivity index (χ0v) is 11.0. The molecule has 0 fully saturated rings. The molecule has 3 heteroatoms. The van der Waals surface area contributed by atoms with Crippen molar-refractivity contribution in [2.45, 2.75) is 39.3 Å². The molecule has 0 aliphatic carbocycles. The summed E-state index contributed by atoms with van der Waals surface area (Å²) in [5.74, 6) is 0. The van der Waals surface area contributed by atoms with Crippen LogP contribution in [0.2, 0.25) is 0 Å². The molecular weight excluding hydrogens is 224 g/mol. The first-order valence-corrected chi connectivity index (χ1v) is 6.47. The molecule has 1 aromatic heterocycles. The van der Waals surface area contributed by atoms with Crippen LogP contribution in [0, 0.1) is 6.92 Å². The first-order valence-electron chi connectivity index (χ1n) is 6.47. The van der Waals surface area contributed by atoms with Gasteiger partial charge in [-0.2, -0.15) is 5.10 Å². The van der Waals surface area contributed by atoms with Crippen LogP contribution >= 0.6 is 0 Å². The van der Waals surface area contributed by atoms with Crippen molar-refractivity contribution in [1.82, 2.24) is 9.78 Å². The third-order valence-electron chi connectivity index (χ3n) is 3.12. The SMILES string of the molecule is CCn1nc(C)cc1C(O)CCc1ccccc1. The molecule has 2 aromatic rings. The summed E-state index contributed by atoms with van der Waals surface area (Å²) in [6, 6.07) is 12.2. The lowest BCUT2D eigenvalue weighted by Gasteiger charge is -2.12. The Morgan fingerprint density at radius 1 is 1.28 bits per heavy atom. The van der Waals surface area contributed by atoms with Crippen LogP contribution in [0.1, 0.15) is 36.4 Å². The standard InChI is InChI=1S/C15H20N2O/c1-3-17-14(11-12(2)16-17)15(18)10-9-13-7-5-4-6-8-13/h4-8,11,15,18H,3,9-10H2,1-2H3. The van der Waals surface area contributed by atoms with Gasteiger partial charge in [-0.25, -0.2) is 0 Å². The van der Waals surface area contributed by atoms with Gasteiger partial charge in [0, 0.05) is 6.54 Å². The van der Waals surface area contributed by atoms with Gasteiger partial charge in [-0.3, -0.25) is 4.68 Å². The van der Waals surface area contributed by atoms with Gasteiger partial charge in [0.25, 0.3) is 0 Å². The van der Waals surface area contributed by atoms with Gasteiger partial charge in [0.05, 0.1) is 17.5 Å². The van der Waals surface area contributed by atoms with Gasteiger partial charge in [-0.15, -0.1) is 0 Å². The first kappa shape index (κ1) is 12.8. The van der Waals surface area contributed by atoms with E-state index in [0.29, 0.717) is 0 Å². The number of aliphatic hydroxyl groups is 1. The minimum atomic E-state index is -0.439. The van der Waals surface area contributed by atoms with E-state index in [9.17, 15) is 5.11 Å². The van der Waals surface area contributed by atoms with Crippen LogP contribution in [0.25, 0.3) is 0 Å². The largest absolute Gasteiger partial charge is 0.387 e. The summed E-state index contributed by atoms with van der Waals surface area (Å²) in [5, 5.41) is 14.6. The van der Waals surface area contributed by atoms with E-state index in [1.165, 1.54) is 5.56 Å². The molecule has 96 valence electrons. The summed E-state index contributed by atoms with van der Waals surface area (Å²) < 4.78 is 1.88. The second-order valence-corrected chi connectivity index (χ2v) is 4.57. The molecule has 1 unspecified atom stereocenters. The fourth-order valence-corrected chi connectivity index (χ4v) is 2.18. The van der Waals surface area contributed by atoms with E-state index in [0.717, 1.165) is 30.8 Å². The summed E-state index contributed by atoms with van der Waals surface area (Å²) in [7, 11) is 0. The molecule has 1 N–H and O–H groups in total. The lowest BCUT2D eigenvalue weighted by atomic mass is 10.0. The monoisotopic (exact) mass is 244 g/mol. The van der Waals surface area contributed by atoms with E-state index in [4.69, 9.17) is 0 Å². The van der Waals surface area contributed by atoms with Crippen molar-refractivity contribution in [1.29, 1.82) is 0 Å². The molecule has 0 bridgehead atoms. The van der Waals surface area contributed by atoms with Gasteiger partial charge in [-0.1, -0.05) is 30.3 Å². The van der Waals surface area contributed by atoms with Crippen LogP contribution < -0.4 is 0 Å². The Hall–Kier alpha value is -1.61. The van der Waals surface area contributed by atoms with Gasteiger partial charge >= 0.3 is 0 Å². The Bertz CT molecular complexity index is 490. The van der Waals surface area contributed by atoms with Crippen LogP contribution in [-0.4, -0.2) is 14.9 Å². The molecule has 0 amide bonds. The summed E-state index contributed by atoms with van der Waals surface area (Å²) in [6.45, 7) is 4.80. The van der Waals surface area contributed by atoms with Crippen molar-refractivity contribution in [3.8, 4) is 0 Å². The van der Waals surface area contributed by atoms with Crippen molar-refractivity contribution in [2.24, 2.45) is 0 Å². The third kappa shape index (κ3) is 2.99. The Morgan fingerprint density at radius 3 is 2.67 bits per heavy atom. The van der Waals surface area contributed by atoms with Gasteiger partial charge in [-0.05, 0) is 38.3 Å². The highest BCUT2D eigenvalue weighted by atomic mass is 16.3. The predicted octanol–water partition coefficient (Wildman–Crippen LogP) is 2.88. The maximum atomic E-state index is 10.2. The first-order chi connectivity index (χ1) is 8.70. The molecular formula is C15H20N2O. The highest BCUT2D eigenvalue weighted by Crippen LogP contribution is 2.20. The van der Waals surface area contributed by atoms with Crippen molar-refractivity contribution < 1.29 is 5.11 Å². The van der Waals surface area contributed by atoms with E-state index >= 15 is 0 Å². The summed E-state index contributed by atoms with van der Waals surface area (Å²) in [5.41, 5.74) is 3.15. The summed E-state index contributed by atoms with van der Waals surface area (Å²) >= 11 is 0. The van der Waals surface area contributed by atoms with Crippen molar-refractivity contribution in [2.75, 3.05) is 0 Å². The van der Waals surface area contributed by atoms with Crippen LogP contribution in [0.3, 0.4) is 0 Å². The van der Waals surface area contributed by atoms with Crippen molar-refractivity contribution in [3.63, 3.8) is 0 Å².